The average Bonchev–Trinajstić information content (AvgIpc) is 2.04. The molecule has 4 nitrogen and oxygen atoms in total. The van der Waals surface area contributed by atoms with Crippen LogP contribution in [0, 0.1) is 23.2 Å². The van der Waals surface area contributed by atoms with Crippen LogP contribution in [0.2, 0.25) is 0 Å². The Labute approximate surface area is 64.8 Å². The van der Waals surface area contributed by atoms with Gasteiger partial charge in [0.1, 0.15) is 0 Å². The van der Waals surface area contributed by atoms with Gasteiger partial charge in [0.05, 0.1) is 17.9 Å². The van der Waals surface area contributed by atoms with Gasteiger partial charge in [-0.25, -0.2) is 0 Å². The second kappa shape index (κ2) is 3.35. The number of hydrogen-bond donors (Lipinski definition) is 2. The molecule has 0 amide bonds. The van der Waals surface area contributed by atoms with Crippen LogP contribution in [-0.2, 0) is 4.79 Å². The van der Waals surface area contributed by atoms with Crippen LogP contribution in [0.1, 0.15) is 6.42 Å². The predicted molar refractivity (Wildman–Crippen MR) is 37.7 cm³/mol. The Morgan fingerprint density at radius 2 is 2.45 bits per heavy atom. The molecule has 0 radical (unpaired) electrons. The molecule has 2 atom stereocenters. The molecule has 1 heterocycles. The van der Waals surface area contributed by atoms with Crippen molar-refractivity contribution in [2.75, 3.05) is 13.1 Å². The molecular formula is C7H10N2O2. The summed E-state index contributed by atoms with van der Waals surface area (Å²) in [5.41, 5.74) is 0. The molecule has 0 aromatic carbocycles. The molecule has 0 aromatic heterocycles. The van der Waals surface area contributed by atoms with Crippen molar-refractivity contribution in [2.24, 2.45) is 11.8 Å². The molecule has 1 saturated heterocycles. The summed E-state index contributed by atoms with van der Waals surface area (Å²) in [6.45, 7) is 1.18. The quantitative estimate of drug-likeness (QED) is 0.549. The fraction of sp³-hybridized carbons (Fsp3) is 0.714. The van der Waals surface area contributed by atoms with Crippen molar-refractivity contribution in [3.63, 3.8) is 0 Å². The first-order valence-electron chi connectivity index (χ1n) is 3.59. The number of nitrogens with one attached hydrogen (secondary N) is 1. The molecule has 0 aliphatic carbocycles. The number of carboxylic acids is 1. The molecule has 1 aliphatic rings. The van der Waals surface area contributed by atoms with E-state index in [0.29, 0.717) is 13.0 Å². The third-order valence-electron chi connectivity index (χ3n) is 1.97. The largest absolute Gasteiger partial charge is 0.481 e. The van der Waals surface area contributed by atoms with E-state index >= 15 is 0 Å². The Bertz CT molecular complexity index is 197. The lowest BCUT2D eigenvalue weighted by Crippen LogP contribution is -2.40. The summed E-state index contributed by atoms with van der Waals surface area (Å²) in [7, 11) is 0. The molecule has 2 N–H and O–H groups in total. The number of piperidine rings is 1. The molecule has 1 fully saturated rings. The number of rotatable bonds is 1. The zero-order valence-corrected chi connectivity index (χ0v) is 6.08. The highest BCUT2D eigenvalue weighted by molar-refractivity contribution is 5.71. The van der Waals surface area contributed by atoms with Gasteiger partial charge in [0.25, 0.3) is 0 Å². The summed E-state index contributed by atoms with van der Waals surface area (Å²) in [5.74, 6) is -1.70. The maximum absolute atomic E-state index is 10.5. The van der Waals surface area contributed by atoms with E-state index < -0.39 is 11.9 Å². The minimum absolute atomic E-state index is 0.311. The molecule has 1 rings (SSSR count). The van der Waals surface area contributed by atoms with Gasteiger partial charge in [-0.05, 0) is 13.0 Å². The highest BCUT2D eigenvalue weighted by Crippen LogP contribution is 2.17. The minimum Gasteiger partial charge on any atom is -0.481 e. The van der Waals surface area contributed by atoms with Crippen molar-refractivity contribution in [2.45, 2.75) is 6.42 Å². The average molecular weight is 154 g/mol. The number of nitrogens with zero attached hydrogens (tertiary/aromatic N) is 1. The van der Waals surface area contributed by atoms with Gasteiger partial charge in [0.2, 0.25) is 0 Å². The highest BCUT2D eigenvalue weighted by atomic mass is 16.4. The van der Waals surface area contributed by atoms with Gasteiger partial charge in [-0.1, -0.05) is 0 Å². The lowest BCUT2D eigenvalue weighted by atomic mass is 9.88. The number of nitriles is 1. The molecule has 60 valence electrons. The lowest BCUT2D eigenvalue weighted by molar-refractivity contribution is -0.143. The van der Waals surface area contributed by atoms with Gasteiger partial charge < -0.3 is 10.4 Å². The van der Waals surface area contributed by atoms with Crippen LogP contribution >= 0.6 is 0 Å². The second-order valence-corrected chi connectivity index (χ2v) is 2.67. The normalized spacial score (nSPS) is 30.8. The Balaban J connectivity index is 2.60. The van der Waals surface area contributed by atoms with Crippen LogP contribution in [0.25, 0.3) is 0 Å². The molecule has 0 aromatic rings. The number of hydrogen-bond acceptors (Lipinski definition) is 3. The Morgan fingerprint density at radius 3 is 2.91 bits per heavy atom. The van der Waals surface area contributed by atoms with E-state index in [1.54, 1.807) is 0 Å². The number of aliphatic carboxylic acids is 1. The van der Waals surface area contributed by atoms with E-state index in [9.17, 15) is 4.79 Å². The number of carbonyl (C=O) groups is 1. The lowest BCUT2D eigenvalue weighted by Gasteiger charge is -2.23. The standard InChI is InChI=1S/C7H10N2O2/c8-3-5-1-2-9-4-6(5)7(10)11/h5-6,9H,1-2,4H2,(H,10,11). The molecule has 11 heavy (non-hydrogen) atoms. The Kier molecular flexibility index (Phi) is 2.44. The molecule has 1 aliphatic heterocycles. The van der Waals surface area contributed by atoms with Crippen LogP contribution in [0.4, 0.5) is 0 Å². The Morgan fingerprint density at radius 1 is 1.73 bits per heavy atom. The van der Waals surface area contributed by atoms with Crippen molar-refractivity contribution >= 4 is 5.97 Å². The zero-order valence-electron chi connectivity index (χ0n) is 6.08. The van der Waals surface area contributed by atoms with Crippen LogP contribution in [-0.4, -0.2) is 24.2 Å². The maximum atomic E-state index is 10.5. The molecule has 2 unspecified atom stereocenters. The predicted octanol–water partition coefficient (Wildman–Crippen LogP) is -0.180. The SMILES string of the molecule is N#CC1CCNCC1C(=O)O. The van der Waals surface area contributed by atoms with Crippen LogP contribution in [0.5, 0.6) is 0 Å². The third-order valence-corrected chi connectivity index (χ3v) is 1.97. The van der Waals surface area contributed by atoms with Crippen LogP contribution in [0.15, 0.2) is 0 Å². The molecule has 0 spiro atoms. The fourth-order valence-electron chi connectivity index (χ4n) is 1.27. The highest BCUT2D eigenvalue weighted by Gasteiger charge is 2.30. The van der Waals surface area contributed by atoms with E-state index in [2.05, 4.69) is 5.32 Å². The first kappa shape index (κ1) is 8.02. The summed E-state index contributed by atoms with van der Waals surface area (Å²) in [4.78, 5) is 10.5. The third kappa shape index (κ3) is 1.69. The smallest absolute Gasteiger partial charge is 0.309 e. The summed E-state index contributed by atoms with van der Waals surface area (Å²) in [6.07, 6.45) is 0.646. The van der Waals surface area contributed by atoms with Gasteiger partial charge in [0, 0.05) is 6.54 Å². The van der Waals surface area contributed by atoms with Crippen LogP contribution in [0.3, 0.4) is 0 Å². The van der Waals surface area contributed by atoms with Gasteiger partial charge in [0.15, 0.2) is 0 Å². The molecule has 4 heteroatoms. The summed E-state index contributed by atoms with van der Waals surface area (Å²) >= 11 is 0. The second-order valence-electron chi connectivity index (χ2n) is 2.67. The monoisotopic (exact) mass is 154 g/mol. The van der Waals surface area contributed by atoms with Gasteiger partial charge in [-0.15, -0.1) is 0 Å². The Hall–Kier alpha value is -1.08. The summed E-state index contributed by atoms with van der Waals surface area (Å²) < 4.78 is 0. The van der Waals surface area contributed by atoms with Crippen molar-refractivity contribution in [1.82, 2.24) is 5.32 Å². The van der Waals surface area contributed by atoms with Gasteiger partial charge >= 0.3 is 5.97 Å². The van der Waals surface area contributed by atoms with Crippen molar-refractivity contribution in [3.8, 4) is 6.07 Å². The molecule has 0 bridgehead atoms. The van der Waals surface area contributed by atoms with Crippen molar-refractivity contribution in [3.05, 3.63) is 0 Å². The molecular weight excluding hydrogens is 144 g/mol. The van der Waals surface area contributed by atoms with E-state index in [1.807, 2.05) is 6.07 Å². The topological polar surface area (TPSA) is 73.1 Å². The van der Waals surface area contributed by atoms with E-state index in [1.165, 1.54) is 0 Å². The van der Waals surface area contributed by atoms with Crippen LogP contribution < -0.4 is 5.32 Å². The minimum atomic E-state index is -0.872. The van der Waals surface area contributed by atoms with Gasteiger partial charge in [-0.2, -0.15) is 5.26 Å². The first-order chi connectivity index (χ1) is 5.25. The first-order valence-corrected chi connectivity index (χ1v) is 3.59. The zero-order chi connectivity index (χ0) is 8.27. The van der Waals surface area contributed by atoms with E-state index in [-0.39, 0.29) is 5.92 Å². The maximum Gasteiger partial charge on any atom is 0.309 e. The number of carboxylic acid groups (broad SMARTS) is 1. The summed E-state index contributed by atoms with van der Waals surface area (Å²) in [6, 6.07) is 2.01. The van der Waals surface area contributed by atoms with E-state index in [0.717, 1.165) is 6.54 Å². The molecule has 0 saturated carbocycles. The summed E-state index contributed by atoms with van der Waals surface area (Å²) in [5, 5.41) is 20.2. The van der Waals surface area contributed by atoms with Crippen molar-refractivity contribution < 1.29 is 9.90 Å². The fourth-order valence-corrected chi connectivity index (χ4v) is 1.27. The van der Waals surface area contributed by atoms with E-state index in [4.69, 9.17) is 10.4 Å². The van der Waals surface area contributed by atoms with Crippen molar-refractivity contribution in [1.29, 1.82) is 5.26 Å². The van der Waals surface area contributed by atoms with Gasteiger partial charge in [-0.3, -0.25) is 4.79 Å².